The number of hydrogen-bond donors (Lipinski definition) is 1. The van der Waals surface area contributed by atoms with Crippen LogP contribution in [-0.4, -0.2) is 11.0 Å². The van der Waals surface area contributed by atoms with Crippen LogP contribution < -0.4 is 5.32 Å². The van der Waals surface area contributed by atoms with E-state index >= 15 is 0 Å². The third-order valence-electron chi connectivity index (χ3n) is 2.19. The summed E-state index contributed by atoms with van der Waals surface area (Å²) in [6.07, 6.45) is 1.66. The molecule has 2 rings (SSSR count). The number of rotatable bonds is 4. The largest absolute Gasteiger partial charge is 0.456 e. The molecule has 0 radical (unpaired) electrons. The molecule has 0 amide bonds. The minimum atomic E-state index is 0.436. The van der Waals surface area contributed by atoms with E-state index in [4.69, 9.17) is 8.83 Å². The Balaban J connectivity index is 2.07. The van der Waals surface area contributed by atoms with Crippen LogP contribution in [0.1, 0.15) is 25.3 Å². The third kappa shape index (κ3) is 2.52. The van der Waals surface area contributed by atoms with Crippen LogP contribution in [0.5, 0.6) is 0 Å². The van der Waals surface area contributed by atoms with Gasteiger partial charge in [-0.05, 0) is 19.1 Å². The van der Waals surface area contributed by atoms with Crippen molar-refractivity contribution >= 4 is 0 Å². The Bertz CT molecular complexity index is 457. The molecule has 0 bridgehead atoms. The number of aryl methyl sites for hydroxylation is 1. The van der Waals surface area contributed by atoms with Crippen LogP contribution in [0.3, 0.4) is 0 Å². The molecule has 0 atom stereocenters. The predicted molar refractivity (Wildman–Crippen MR) is 60.9 cm³/mol. The maximum absolute atomic E-state index is 5.43. The van der Waals surface area contributed by atoms with Crippen LogP contribution in [0, 0.1) is 6.92 Å². The molecule has 2 aromatic rings. The lowest BCUT2D eigenvalue weighted by atomic mass is 10.3. The van der Waals surface area contributed by atoms with Crippen molar-refractivity contribution in [1.82, 2.24) is 10.3 Å². The summed E-state index contributed by atoms with van der Waals surface area (Å²) in [6.45, 7) is 6.79. The van der Waals surface area contributed by atoms with Gasteiger partial charge in [-0.15, -0.1) is 0 Å². The van der Waals surface area contributed by atoms with Crippen molar-refractivity contribution in [2.45, 2.75) is 33.4 Å². The van der Waals surface area contributed by atoms with Crippen LogP contribution in [0.25, 0.3) is 11.7 Å². The van der Waals surface area contributed by atoms with Crippen molar-refractivity contribution in [2.75, 3.05) is 0 Å². The monoisotopic (exact) mass is 220 g/mol. The second kappa shape index (κ2) is 4.53. The van der Waals surface area contributed by atoms with Crippen LogP contribution in [0.4, 0.5) is 0 Å². The lowest BCUT2D eigenvalue weighted by Crippen LogP contribution is -2.21. The molecule has 16 heavy (non-hydrogen) atoms. The molecular weight excluding hydrogens is 204 g/mol. The molecule has 0 saturated heterocycles. The van der Waals surface area contributed by atoms with Gasteiger partial charge in [-0.1, -0.05) is 13.8 Å². The van der Waals surface area contributed by atoms with Gasteiger partial charge in [0.2, 0.25) is 0 Å². The fourth-order valence-electron chi connectivity index (χ4n) is 1.36. The van der Waals surface area contributed by atoms with E-state index in [9.17, 15) is 0 Å². The van der Waals surface area contributed by atoms with Crippen molar-refractivity contribution < 1.29 is 8.83 Å². The molecule has 86 valence electrons. The van der Waals surface area contributed by atoms with E-state index in [-0.39, 0.29) is 0 Å². The maximum Gasteiger partial charge on any atom is 0.263 e. The van der Waals surface area contributed by atoms with Gasteiger partial charge in [-0.25, -0.2) is 4.98 Å². The minimum Gasteiger partial charge on any atom is -0.456 e. The van der Waals surface area contributed by atoms with Crippen molar-refractivity contribution in [3.05, 3.63) is 29.9 Å². The maximum atomic E-state index is 5.43. The van der Waals surface area contributed by atoms with Crippen molar-refractivity contribution in [3.8, 4) is 11.7 Å². The fourth-order valence-corrected chi connectivity index (χ4v) is 1.36. The highest BCUT2D eigenvalue weighted by Crippen LogP contribution is 2.20. The van der Waals surface area contributed by atoms with Gasteiger partial charge in [-0.3, -0.25) is 0 Å². The highest BCUT2D eigenvalue weighted by atomic mass is 16.4. The summed E-state index contributed by atoms with van der Waals surface area (Å²) in [7, 11) is 0. The van der Waals surface area contributed by atoms with E-state index in [1.807, 2.05) is 19.1 Å². The number of hydrogen-bond acceptors (Lipinski definition) is 4. The summed E-state index contributed by atoms with van der Waals surface area (Å²) in [4.78, 5) is 4.34. The van der Waals surface area contributed by atoms with Crippen LogP contribution in [0.15, 0.2) is 27.2 Å². The smallest absolute Gasteiger partial charge is 0.263 e. The van der Waals surface area contributed by atoms with Gasteiger partial charge in [-0.2, -0.15) is 0 Å². The van der Waals surface area contributed by atoms with Crippen LogP contribution in [-0.2, 0) is 6.54 Å². The van der Waals surface area contributed by atoms with Gasteiger partial charge in [0.05, 0.1) is 5.69 Å². The molecule has 1 N–H and O–H groups in total. The molecule has 2 heterocycles. The molecule has 4 nitrogen and oxygen atoms in total. The molecule has 0 unspecified atom stereocenters. The Morgan fingerprint density at radius 2 is 2.19 bits per heavy atom. The van der Waals surface area contributed by atoms with Crippen LogP contribution in [0.2, 0.25) is 0 Å². The molecular formula is C12H16N2O2. The zero-order valence-corrected chi connectivity index (χ0v) is 9.78. The number of aromatic nitrogens is 1. The minimum absolute atomic E-state index is 0.436. The van der Waals surface area contributed by atoms with E-state index in [1.165, 1.54) is 0 Å². The molecule has 0 aromatic carbocycles. The van der Waals surface area contributed by atoms with Gasteiger partial charge < -0.3 is 14.2 Å². The van der Waals surface area contributed by atoms with Crippen LogP contribution >= 0.6 is 0 Å². The summed E-state index contributed by atoms with van der Waals surface area (Å²) in [5.74, 6) is 2.07. The van der Waals surface area contributed by atoms with Gasteiger partial charge in [0, 0.05) is 12.6 Å². The lowest BCUT2D eigenvalue weighted by Gasteiger charge is -2.03. The number of nitrogens with one attached hydrogen (secondary N) is 1. The Kier molecular flexibility index (Phi) is 3.10. The third-order valence-corrected chi connectivity index (χ3v) is 2.19. The standard InChI is InChI=1S/C12H16N2O2/c1-8(2)13-6-10-7-15-12(14-10)11-5-4-9(3)16-11/h4-5,7-8,13H,6H2,1-3H3. The van der Waals surface area contributed by atoms with Crippen molar-refractivity contribution in [3.63, 3.8) is 0 Å². The highest BCUT2D eigenvalue weighted by Gasteiger charge is 2.10. The summed E-state index contributed by atoms with van der Waals surface area (Å²) in [6, 6.07) is 4.19. The fraction of sp³-hybridized carbons (Fsp3) is 0.417. The molecule has 0 fully saturated rings. The normalized spacial score (nSPS) is 11.2. The summed E-state index contributed by atoms with van der Waals surface area (Å²) in [5.41, 5.74) is 0.887. The topological polar surface area (TPSA) is 51.2 Å². The molecule has 2 aromatic heterocycles. The average molecular weight is 220 g/mol. The highest BCUT2D eigenvalue weighted by molar-refractivity contribution is 5.44. The number of oxazole rings is 1. The predicted octanol–water partition coefficient (Wildman–Crippen LogP) is 2.74. The Morgan fingerprint density at radius 1 is 1.38 bits per heavy atom. The van der Waals surface area contributed by atoms with E-state index in [2.05, 4.69) is 24.1 Å². The summed E-state index contributed by atoms with van der Waals surface area (Å²) < 4.78 is 10.8. The lowest BCUT2D eigenvalue weighted by molar-refractivity contribution is 0.500. The first-order valence-electron chi connectivity index (χ1n) is 5.40. The zero-order valence-electron chi connectivity index (χ0n) is 9.78. The zero-order chi connectivity index (χ0) is 11.5. The van der Waals surface area contributed by atoms with Crippen molar-refractivity contribution in [2.24, 2.45) is 0 Å². The van der Waals surface area contributed by atoms with Gasteiger partial charge in [0.1, 0.15) is 12.0 Å². The molecule has 0 saturated carbocycles. The van der Waals surface area contributed by atoms with E-state index in [1.54, 1.807) is 6.26 Å². The Morgan fingerprint density at radius 3 is 2.81 bits per heavy atom. The molecule has 0 aliphatic rings. The number of nitrogens with zero attached hydrogens (tertiary/aromatic N) is 1. The van der Waals surface area contributed by atoms with E-state index in [0.29, 0.717) is 24.2 Å². The Labute approximate surface area is 94.7 Å². The molecule has 4 heteroatoms. The first-order valence-corrected chi connectivity index (χ1v) is 5.40. The second-order valence-corrected chi connectivity index (χ2v) is 4.09. The molecule has 0 spiro atoms. The van der Waals surface area contributed by atoms with Gasteiger partial charge >= 0.3 is 0 Å². The average Bonchev–Trinajstić information content (AvgIpc) is 2.83. The Hall–Kier alpha value is -1.55. The SMILES string of the molecule is Cc1ccc(-c2nc(CNC(C)C)co2)o1. The molecule has 0 aliphatic heterocycles. The summed E-state index contributed by atoms with van der Waals surface area (Å²) in [5, 5.41) is 3.28. The second-order valence-electron chi connectivity index (χ2n) is 4.09. The first-order chi connectivity index (χ1) is 7.65. The molecule has 0 aliphatic carbocycles. The number of furan rings is 1. The van der Waals surface area contributed by atoms with Crippen molar-refractivity contribution in [1.29, 1.82) is 0 Å². The van der Waals surface area contributed by atoms with Gasteiger partial charge in [0.15, 0.2) is 5.76 Å². The summed E-state index contributed by atoms with van der Waals surface area (Å²) >= 11 is 0. The van der Waals surface area contributed by atoms with E-state index in [0.717, 1.165) is 11.5 Å². The quantitative estimate of drug-likeness (QED) is 0.860. The van der Waals surface area contributed by atoms with E-state index < -0.39 is 0 Å². The first kappa shape index (κ1) is 11.0. The van der Waals surface area contributed by atoms with Gasteiger partial charge in [0.25, 0.3) is 5.89 Å².